The van der Waals surface area contributed by atoms with E-state index < -0.39 is 24.5 Å². The molecule has 5 rings (SSSR count). The number of H-pyrrole nitrogens is 1. The Balaban J connectivity index is 1.23. The molecule has 0 bridgehead atoms. The molecular weight excluding hydrogens is 548 g/mol. The zero-order valence-electron chi connectivity index (χ0n) is 23.9. The summed E-state index contributed by atoms with van der Waals surface area (Å²) < 4.78 is 5.48. The number of carbonyl (C=O) groups excluding carboxylic acids is 3. The van der Waals surface area contributed by atoms with E-state index in [9.17, 15) is 14.4 Å². The summed E-state index contributed by atoms with van der Waals surface area (Å²) in [5.41, 5.74) is 3.92. The number of esters is 1. The van der Waals surface area contributed by atoms with Gasteiger partial charge < -0.3 is 15.0 Å². The fourth-order valence-corrected chi connectivity index (χ4v) is 6.14. The molecule has 218 valence electrons. The monoisotopic (exact) mass is 584 g/mol. The van der Waals surface area contributed by atoms with E-state index in [2.05, 4.69) is 17.2 Å². The Morgan fingerprint density at radius 2 is 1.62 bits per heavy atom. The maximum Gasteiger partial charge on any atom is 0.329 e. The number of hydrogen-bond acceptors (Lipinski definition) is 4. The zero-order chi connectivity index (χ0) is 29.5. The van der Waals surface area contributed by atoms with E-state index >= 15 is 0 Å². The highest BCUT2D eigenvalue weighted by molar-refractivity contribution is 6.30. The SMILES string of the molecule is CCCC1CCC(c2ccc(C(=O)COC(=O)[C@@H](Cc3c[nH]c4ccccc34)NC(=O)c3ccc(Cl)cc3)cc2)CC1. The molecule has 1 atom stereocenters. The van der Waals surface area contributed by atoms with Gasteiger partial charge in [0.25, 0.3) is 5.91 Å². The van der Waals surface area contributed by atoms with Crippen molar-refractivity contribution in [3.63, 3.8) is 0 Å². The minimum absolute atomic E-state index is 0.200. The second-order valence-corrected chi connectivity index (χ2v) is 11.7. The molecule has 4 aromatic rings. The van der Waals surface area contributed by atoms with Crippen LogP contribution in [0.2, 0.25) is 5.02 Å². The number of hydrogen-bond donors (Lipinski definition) is 2. The second kappa shape index (κ2) is 13.8. The maximum absolute atomic E-state index is 13.3. The van der Waals surface area contributed by atoms with Gasteiger partial charge in [0.05, 0.1) is 0 Å². The van der Waals surface area contributed by atoms with Gasteiger partial charge in [-0.2, -0.15) is 0 Å². The number of aromatic amines is 1. The quantitative estimate of drug-likeness (QED) is 0.140. The molecule has 1 fully saturated rings. The molecule has 1 aliphatic rings. The summed E-state index contributed by atoms with van der Waals surface area (Å²) >= 11 is 5.97. The highest BCUT2D eigenvalue weighted by atomic mass is 35.5. The van der Waals surface area contributed by atoms with Crippen molar-refractivity contribution < 1.29 is 19.1 Å². The minimum Gasteiger partial charge on any atom is -0.456 e. The highest BCUT2D eigenvalue weighted by Gasteiger charge is 2.26. The number of ketones is 1. The predicted molar refractivity (Wildman–Crippen MR) is 166 cm³/mol. The van der Waals surface area contributed by atoms with Crippen LogP contribution in [0, 0.1) is 5.92 Å². The fraction of sp³-hybridized carbons (Fsp3) is 0.343. The predicted octanol–water partition coefficient (Wildman–Crippen LogP) is 7.66. The molecule has 1 saturated carbocycles. The van der Waals surface area contributed by atoms with Crippen molar-refractivity contribution >= 4 is 40.2 Å². The smallest absolute Gasteiger partial charge is 0.329 e. The molecule has 3 aromatic carbocycles. The lowest BCUT2D eigenvalue weighted by atomic mass is 9.77. The summed E-state index contributed by atoms with van der Waals surface area (Å²) in [6, 6.07) is 20.9. The average Bonchev–Trinajstić information content (AvgIpc) is 3.43. The molecule has 1 amide bonds. The molecule has 1 heterocycles. The minimum atomic E-state index is -0.995. The van der Waals surface area contributed by atoms with Gasteiger partial charge in [-0.05, 0) is 79.0 Å². The number of rotatable bonds is 11. The topological polar surface area (TPSA) is 88.3 Å². The average molecular weight is 585 g/mol. The first-order valence-corrected chi connectivity index (χ1v) is 15.2. The molecule has 0 aliphatic heterocycles. The van der Waals surface area contributed by atoms with Gasteiger partial charge >= 0.3 is 5.97 Å². The van der Waals surface area contributed by atoms with E-state index in [0.717, 1.165) is 22.4 Å². The van der Waals surface area contributed by atoms with Crippen LogP contribution in [-0.2, 0) is 16.0 Å². The summed E-state index contributed by atoms with van der Waals surface area (Å²) in [5, 5.41) is 4.25. The van der Waals surface area contributed by atoms with Crippen molar-refractivity contribution in [2.24, 2.45) is 5.92 Å². The Morgan fingerprint density at radius 3 is 2.33 bits per heavy atom. The van der Waals surface area contributed by atoms with Crippen LogP contribution in [0.1, 0.15) is 83.2 Å². The van der Waals surface area contributed by atoms with Gasteiger partial charge in [-0.3, -0.25) is 9.59 Å². The van der Waals surface area contributed by atoms with Gasteiger partial charge in [0.1, 0.15) is 6.04 Å². The van der Waals surface area contributed by atoms with Crippen LogP contribution in [0.15, 0.2) is 79.0 Å². The molecule has 0 saturated heterocycles. The van der Waals surface area contributed by atoms with E-state index in [4.69, 9.17) is 16.3 Å². The van der Waals surface area contributed by atoms with Gasteiger partial charge in [-0.1, -0.05) is 73.8 Å². The van der Waals surface area contributed by atoms with Gasteiger partial charge in [-0.15, -0.1) is 0 Å². The van der Waals surface area contributed by atoms with Gasteiger partial charge in [-0.25, -0.2) is 4.79 Å². The number of carbonyl (C=O) groups is 3. The number of halogens is 1. The molecule has 1 aromatic heterocycles. The number of ether oxygens (including phenoxy) is 1. The molecule has 42 heavy (non-hydrogen) atoms. The normalized spacial score (nSPS) is 17.5. The number of aromatic nitrogens is 1. The fourth-order valence-electron chi connectivity index (χ4n) is 6.01. The molecular formula is C35H37ClN2O4. The van der Waals surface area contributed by atoms with Crippen LogP contribution in [-0.4, -0.2) is 35.3 Å². The molecule has 7 heteroatoms. The van der Waals surface area contributed by atoms with E-state index in [1.165, 1.54) is 44.1 Å². The van der Waals surface area contributed by atoms with Crippen molar-refractivity contribution in [1.82, 2.24) is 10.3 Å². The first-order valence-electron chi connectivity index (χ1n) is 14.8. The number of nitrogens with one attached hydrogen (secondary N) is 2. The lowest BCUT2D eigenvalue weighted by Gasteiger charge is -2.28. The van der Waals surface area contributed by atoms with Crippen molar-refractivity contribution in [3.8, 4) is 0 Å². The zero-order valence-corrected chi connectivity index (χ0v) is 24.7. The number of amides is 1. The van der Waals surface area contributed by atoms with Crippen LogP contribution in [0.4, 0.5) is 0 Å². The third kappa shape index (κ3) is 7.29. The lowest BCUT2D eigenvalue weighted by Crippen LogP contribution is -2.43. The first kappa shape index (κ1) is 29.6. The molecule has 0 radical (unpaired) electrons. The number of fused-ring (bicyclic) bond motifs is 1. The van der Waals surface area contributed by atoms with E-state index in [1.807, 2.05) is 54.7 Å². The summed E-state index contributed by atoms with van der Waals surface area (Å²) in [6.07, 6.45) is 9.49. The summed E-state index contributed by atoms with van der Waals surface area (Å²) in [7, 11) is 0. The van der Waals surface area contributed by atoms with Crippen LogP contribution >= 0.6 is 11.6 Å². The van der Waals surface area contributed by atoms with Crippen molar-refractivity contribution in [1.29, 1.82) is 0 Å². The van der Waals surface area contributed by atoms with Crippen LogP contribution in [0.25, 0.3) is 10.9 Å². The van der Waals surface area contributed by atoms with E-state index in [-0.39, 0.29) is 12.2 Å². The Labute approximate surface area is 251 Å². The van der Waals surface area contributed by atoms with Crippen LogP contribution in [0.3, 0.4) is 0 Å². The largest absolute Gasteiger partial charge is 0.456 e. The number of para-hydroxylation sites is 1. The maximum atomic E-state index is 13.3. The molecule has 2 N–H and O–H groups in total. The summed E-state index contributed by atoms with van der Waals surface area (Å²) in [5.74, 6) is -0.000841. The Hall–Kier alpha value is -3.90. The Bertz CT molecular complexity index is 1520. The van der Waals surface area contributed by atoms with Crippen molar-refractivity contribution in [3.05, 3.63) is 106 Å². The molecule has 1 aliphatic carbocycles. The third-order valence-corrected chi connectivity index (χ3v) is 8.64. The molecule has 0 unspecified atom stereocenters. The van der Waals surface area contributed by atoms with Crippen molar-refractivity contribution in [2.45, 2.75) is 63.8 Å². The van der Waals surface area contributed by atoms with E-state index in [0.29, 0.717) is 22.1 Å². The summed E-state index contributed by atoms with van der Waals surface area (Å²) in [6.45, 7) is 1.85. The third-order valence-electron chi connectivity index (χ3n) is 8.39. The van der Waals surface area contributed by atoms with Crippen molar-refractivity contribution in [2.75, 3.05) is 6.61 Å². The first-order chi connectivity index (χ1) is 20.4. The van der Waals surface area contributed by atoms with Gasteiger partial charge in [0, 0.05) is 39.7 Å². The molecule has 6 nitrogen and oxygen atoms in total. The van der Waals surface area contributed by atoms with Crippen LogP contribution in [0.5, 0.6) is 0 Å². The van der Waals surface area contributed by atoms with Crippen LogP contribution < -0.4 is 5.32 Å². The number of Topliss-reactive ketones (excluding diaryl/α,β-unsaturated/α-hetero) is 1. The Kier molecular flexibility index (Phi) is 9.75. The Morgan fingerprint density at radius 1 is 0.929 bits per heavy atom. The second-order valence-electron chi connectivity index (χ2n) is 11.3. The number of benzene rings is 3. The summed E-state index contributed by atoms with van der Waals surface area (Å²) in [4.78, 5) is 42.4. The standard InChI is InChI=1S/C35H37ClN2O4/c1-2-5-23-8-10-24(11-9-23)25-12-14-26(15-13-25)33(39)22-42-35(41)32(38-34(40)27-16-18-29(36)19-17-27)20-28-21-37-31-7-4-3-6-30(28)31/h3-4,6-7,12-19,21,23-24,32,37H,2,5,8-11,20,22H2,1H3,(H,38,40)/t23?,24?,32-/m1/s1. The van der Waals surface area contributed by atoms with Gasteiger partial charge in [0.2, 0.25) is 0 Å². The molecule has 0 spiro atoms. The van der Waals surface area contributed by atoms with E-state index in [1.54, 1.807) is 24.3 Å². The highest BCUT2D eigenvalue weighted by Crippen LogP contribution is 2.37. The van der Waals surface area contributed by atoms with Gasteiger partial charge in [0.15, 0.2) is 12.4 Å². The lowest BCUT2D eigenvalue weighted by molar-refractivity contribution is -0.144.